The summed E-state index contributed by atoms with van der Waals surface area (Å²) in [7, 11) is 0. The van der Waals surface area contributed by atoms with E-state index in [-0.39, 0.29) is 5.41 Å². The molecule has 0 unspecified atom stereocenters. The van der Waals surface area contributed by atoms with Gasteiger partial charge in [-0.05, 0) is 101 Å². The van der Waals surface area contributed by atoms with Gasteiger partial charge < -0.3 is 13.9 Å². The molecule has 1 aliphatic rings. The maximum absolute atomic E-state index is 6.43. The summed E-state index contributed by atoms with van der Waals surface area (Å²) < 4.78 is 8.80. The number of para-hydroxylation sites is 3. The van der Waals surface area contributed by atoms with Crippen molar-refractivity contribution >= 4 is 60.8 Å². The Morgan fingerprint density at radius 1 is 0.434 bits per heavy atom. The van der Waals surface area contributed by atoms with Crippen LogP contribution < -0.4 is 4.90 Å². The SMILES string of the molecule is CC1(c2ccc(N(c3ccc4c(c3)oc3ccccc34)c3ccc4c(c3)c3ccccc3n4-c3ccccc3)cc2)c2ccccc2-c2ccccc21. The summed E-state index contributed by atoms with van der Waals surface area (Å²) in [6.07, 6.45) is 0. The van der Waals surface area contributed by atoms with E-state index in [1.165, 1.54) is 49.6 Å². The van der Waals surface area contributed by atoms with E-state index in [0.29, 0.717) is 0 Å². The highest BCUT2D eigenvalue weighted by atomic mass is 16.3. The molecule has 3 heteroatoms. The van der Waals surface area contributed by atoms with Crippen LogP contribution in [0.4, 0.5) is 17.1 Å². The summed E-state index contributed by atoms with van der Waals surface area (Å²) in [5.74, 6) is 0. The van der Waals surface area contributed by atoms with Crippen LogP contribution in [0.5, 0.6) is 0 Å². The number of benzene rings is 8. The van der Waals surface area contributed by atoms with E-state index in [9.17, 15) is 0 Å². The fourth-order valence-electron chi connectivity index (χ4n) is 8.96. The molecule has 53 heavy (non-hydrogen) atoms. The predicted molar refractivity (Wildman–Crippen MR) is 220 cm³/mol. The number of anilines is 3. The molecule has 0 N–H and O–H groups in total. The third-order valence-corrected chi connectivity index (χ3v) is 11.5. The van der Waals surface area contributed by atoms with Crippen molar-refractivity contribution in [3.8, 4) is 16.8 Å². The van der Waals surface area contributed by atoms with Crippen LogP contribution in [0, 0.1) is 0 Å². The molecule has 2 aromatic heterocycles. The van der Waals surface area contributed by atoms with Gasteiger partial charge in [0.05, 0.1) is 11.0 Å². The zero-order valence-corrected chi connectivity index (χ0v) is 29.2. The molecule has 0 amide bonds. The number of fused-ring (bicyclic) bond motifs is 9. The Hall–Kier alpha value is -6.84. The summed E-state index contributed by atoms with van der Waals surface area (Å²) in [5, 5.41) is 4.68. The summed E-state index contributed by atoms with van der Waals surface area (Å²) in [4.78, 5) is 2.36. The van der Waals surface area contributed by atoms with Crippen LogP contribution in [0.3, 0.4) is 0 Å². The number of hydrogen-bond acceptors (Lipinski definition) is 2. The lowest BCUT2D eigenvalue weighted by molar-refractivity contribution is 0.669. The van der Waals surface area contributed by atoms with Crippen molar-refractivity contribution in [1.29, 1.82) is 0 Å². The van der Waals surface area contributed by atoms with Crippen LogP contribution in [0.15, 0.2) is 192 Å². The lowest BCUT2D eigenvalue weighted by Crippen LogP contribution is -2.22. The average molecular weight is 679 g/mol. The first-order chi connectivity index (χ1) is 26.2. The number of furan rings is 1. The molecule has 8 aromatic carbocycles. The first-order valence-electron chi connectivity index (χ1n) is 18.3. The van der Waals surface area contributed by atoms with Crippen LogP contribution in [-0.4, -0.2) is 4.57 Å². The van der Waals surface area contributed by atoms with Crippen molar-refractivity contribution in [3.63, 3.8) is 0 Å². The van der Waals surface area contributed by atoms with Gasteiger partial charge in [0.1, 0.15) is 11.2 Å². The van der Waals surface area contributed by atoms with E-state index < -0.39 is 0 Å². The van der Waals surface area contributed by atoms with Crippen molar-refractivity contribution in [2.45, 2.75) is 12.3 Å². The first kappa shape index (κ1) is 29.8. The second kappa shape index (κ2) is 11.3. The molecule has 2 heterocycles. The molecule has 250 valence electrons. The molecule has 0 radical (unpaired) electrons. The Morgan fingerprint density at radius 2 is 1.00 bits per heavy atom. The summed E-state index contributed by atoms with van der Waals surface area (Å²) >= 11 is 0. The molecule has 0 saturated heterocycles. The minimum Gasteiger partial charge on any atom is -0.456 e. The molecule has 11 rings (SSSR count). The minimum absolute atomic E-state index is 0.262. The number of aromatic nitrogens is 1. The Kier molecular flexibility index (Phi) is 6.38. The topological polar surface area (TPSA) is 21.3 Å². The fraction of sp³-hybridized carbons (Fsp3) is 0.0400. The summed E-state index contributed by atoms with van der Waals surface area (Å²) in [6.45, 7) is 2.37. The first-order valence-corrected chi connectivity index (χ1v) is 18.3. The Morgan fingerprint density at radius 3 is 1.77 bits per heavy atom. The predicted octanol–water partition coefficient (Wildman–Crippen LogP) is 13.5. The quantitative estimate of drug-likeness (QED) is 0.181. The lowest BCUT2D eigenvalue weighted by Gasteiger charge is -2.30. The Balaban J connectivity index is 1.11. The molecule has 1 aliphatic carbocycles. The number of rotatable bonds is 5. The zero-order valence-electron chi connectivity index (χ0n) is 29.2. The van der Waals surface area contributed by atoms with Crippen LogP contribution >= 0.6 is 0 Å². The molecule has 0 bridgehead atoms. The standard InChI is InChI=1S/C50H34N2O/c1-50(44-19-9-5-15-38(44)39-16-6-10-20-45(39)50)33-23-25-35(26-24-33)51(37-27-29-42-41-18-8-12-22-48(41)53-49(42)32-37)36-28-30-47-43(31-36)40-17-7-11-21-46(40)52(47)34-13-3-2-4-14-34/h2-32H,1H3. The van der Waals surface area contributed by atoms with Crippen molar-refractivity contribution in [2.75, 3.05) is 4.90 Å². The largest absolute Gasteiger partial charge is 0.456 e. The summed E-state index contributed by atoms with van der Waals surface area (Å²) in [5.41, 5.74) is 14.8. The van der Waals surface area contributed by atoms with E-state index in [0.717, 1.165) is 44.7 Å². The monoisotopic (exact) mass is 678 g/mol. The highest BCUT2D eigenvalue weighted by Crippen LogP contribution is 2.52. The van der Waals surface area contributed by atoms with E-state index in [1.54, 1.807) is 0 Å². The van der Waals surface area contributed by atoms with E-state index >= 15 is 0 Å². The molecular weight excluding hydrogens is 645 g/mol. The van der Waals surface area contributed by atoms with Crippen molar-refractivity contribution < 1.29 is 4.42 Å². The van der Waals surface area contributed by atoms with Crippen LogP contribution in [-0.2, 0) is 5.41 Å². The highest BCUT2D eigenvalue weighted by Gasteiger charge is 2.40. The molecule has 0 fully saturated rings. The maximum atomic E-state index is 6.43. The van der Waals surface area contributed by atoms with Crippen molar-refractivity contribution in [2.24, 2.45) is 0 Å². The highest BCUT2D eigenvalue weighted by molar-refractivity contribution is 6.11. The zero-order chi connectivity index (χ0) is 35.1. The summed E-state index contributed by atoms with van der Waals surface area (Å²) in [6, 6.07) is 68.0. The number of nitrogens with zero attached hydrogens (tertiary/aromatic N) is 2. The van der Waals surface area contributed by atoms with Crippen molar-refractivity contribution in [1.82, 2.24) is 4.57 Å². The van der Waals surface area contributed by atoms with Gasteiger partial charge in [-0.3, -0.25) is 0 Å². The van der Waals surface area contributed by atoms with Gasteiger partial charge in [-0.2, -0.15) is 0 Å². The van der Waals surface area contributed by atoms with Gasteiger partial charge >= 0.3 is 0 Å². The average Bonchev–Trinajstić information content (AvgIpc) is 3.85. The van der Waals surface area contributed by atoms with Gasteiger partial charge in [-0.1, -0.05) is 115 Å². The smallest absolute Gasteiger partial charge is 0.137 e. The van der Waals surface area contributed by atoms with E-state index in [2.05, 4.69) is 192 Å². The molecule has 10 aromatic rings. The number of hydrogen-bond donors (Lipinski definition) is 0. The molecular formula is C50H34N2O. The minimum atomic E-state index is -0.262. The van der Waals surface area contributed by atoms with E-state index in [4.69, 9.17) is 4.42 Å². The maximum Gasteiger partial charge on any atom is 0.137 e. The van der Waals surface area contributed by atoms with Gasteiger partial charge in [0.15, 0.2) is 0 Å². The van der Waals surface area contributed by atoms with Gasteiger partial charge in [0.25, 0.3) is 0 Å². The Bertz CT molecular complexity index is 2980. The fourth-order valence-corrected chi connectivity index (χ4v) is 8.96. The van der Waals surface area contributed by atoms with Gasteiger partial charge in [-0.15, -0.1) is 0 Å². The third-order valence-electron chi connectivity index (χ3n) is 11.5. The van der Waals surface area contributed by atoms with Crippen LogP contribution in [0.2, 0.25) is 0 Å². The molecule has 0 aliphatic heterocycles. The molecule has 0 spiro atoms. The van der Waals surface area contributed by atoms with E-state index in [1.807, 2.05) is 12.1 Å². The Labute approximate surface area is 307 Å². The van der Waals surface area contributed by atoms with Crippen LogP contribution in [0.25, 0.3) is 60.6 Å². The van der Waals surface area contributed by atoms with Gasteiger partial charge in [0.2, 0.25) is 0 Å². The normalized spacial score (nSPS) is 13.2. The molecule has 0 saturated carbocycles. The lowest BCUT2D eigenvalue weighted by atomic mass is 9.74. The molecule has 3 nitrogen and oxygen atoms in total. The second-order valence-corrected chi connectivity index (χ2v) is 14.3. The van der Waals surface area contributed by atoms with Gasteiger partial charge in [-0.25, -0.2) is 0 Å². The third kappa shape index (κ3) is 4.34. The molecule has 0 atom stereocenters. The second-order valence-electron chi connectivity index (χ2n) is 14.3. The van der Waals surface area contributed by atoms with Gasteiger partial charge in [0, 0.05) is 55.8 Å². The van der Waals surface area contributed by atoms with Crippen molar-refractivity contribution in [3.05, 3.63) is 205 Å². The van der Waals surface area contributed by atoms with Crippen LogP contribution in [0.1, 0.15) is 23.6 Å².